The third-order valence-electron chi connectivity index (χ3n) is 2.46. The Hall–Kier alpha value is -1.55. The Labute approximate surface area is 102 Å². The van der Waals surface area contributed by atoms with Crippen molar-refractivity contribution in [1.29, 1.82) is 0 Å². The number of benzene rings is 1. The van der Waals surface area contributed by atoms with Gasteiger partial charge in [-0.05, 0) is 43.7 Å². The van der Waals surface area contributed by atoms with Gasteiger partial charge in [0.1, 0.15) is 5.82 Å². The van der Waals surface area contributed by atoms with Crippen LogP contribution in [0.3, 0.4) is 0 Å². The lowest BCUT2D eigenvalue weighted by Gasteiger charge is -2.04. The molecule has 0 amide bonds. The maximum absolute atomic E-state index is 13.4. The molecule has 0 fully saturated rings. The Morgan fingerprint density at radius 1 is 1.12 bits per heavy atom. The van der Waals surface area contributed by atoms with E-state index in [1.807, 2.05) is 6.92 Å². The first-order chi connectivity index (χ1) is 8.08. The van der Waals surface area contributed by atoms with Crippen molar-refractivity contribution >= 4 is 10.8 Å². The van der Waals surface area contributed by atoms with Gasteiger partial charge >= 0.3 is 0 Å². The zero-order valence-corrected chi connectivity index (χ0v) is 10.4. The average molecular weight is 249 g/mol. The smallest absolute Gasteiger partial charge is 0.127 e. The van der Waals surface area contributed by atoms with Crippen molar-refractivity contribution in [3.05, 3.63) is 53.6 Å². The van der Waals surface area contributed by atoms with Gasteiger partial charge in [-0.1, -0.05) is 6.07 Å². The van der Waals surface area contributed by atoms with Gasteiger partial charge in [-0.25, -0.2) is 8.60 Å². The molecule has 0 saturated heterocycles. The van der Waals surface area contributed by atoms with Crippen molar-refractivity contribution in [3.8, 4) is 0 Å². The summed E-state index contributed by atoms with van der Waals surface area (Å²) in [6, 6.07) is 8.15. The molecule has 1 aromatic heterocycles. The van der Waals surface area contributed by atoms with Gasteiger partial charge in [0.25, 0.3) is 0 Å². The fourth-order valence-corrected chi connectivity index (χ4v) is 2.40. The summed E-state index contributed by atoms with van der Waals surface area (Å²) in [4.78, 5) is 5.12. The minimum absolute atomic E-state index is 0.337. The molecule has 17 heavy (non-hydrogen) atoms. The summed E-state index contributed by atoms with van der Waals surface area (Å²) in [7, 11) is -1.38. The number of aryl methyl sites for hydroxylation is 2. The van der Waals surface area contributed by atoms with Crippen LogP contribution in [-0.2, 0) is 10.8 Å². The second-order valence-electron chi connectivity index (χ2n) is 3.82. The molecule has 0 aliphatic carbocycles. The van der Waals surface area contributed by atoms with Crippen molar-refractivity contribution in [2.45, 2.75) is 23.6 Å². The zero-order chi connectivity index (χ0) is 12.4. The summed E-state index contributed by atoms with van der Waals surface area (Å²) in [5.41, 5.74) is 1.41. The molecule has 88 valence electrons. The number of halogens is 1. The lowest BCUT2D eigenvalue weighted by atomic mass is 10.2. The van der Waals surface area contributed by atoms with E-state index in [2.05, 4.69) is 4.98 Å². The van der Waals surface area contributed by atoms with Gasteiger partial charge in [0.05, 0.1) is 15.7 Å². The fourth-order valence-electron chi connectivity index (χ4n) is 1.39. The van der Waals surface area contributed by atoms with E-state index in [1.54, 1.807) is 37.4 Å². The third-order valence-corrected chi connectivity index (χ3v) is 3.81. The van der Waals surface area contributed by atoms with Gasteiger partial charge in [0.2, 0.25) is 0 Å². The maximum atomic E-state index is 13.4. The van der Waals surface area contributed by atoms with Gasteiger partial charge in [0.15, 0.2) is 0 Å². The largest absolute Gasteiger partial charge is 0.260 e. The second kappa shape index (κ2) is 4.75. The number of nitrogens with zero attached hydrogens (tertiary/aromatic N) is 1. The lowest BCUT2D eigenvalue weighted by Crippen LogP contribution is -1.96. The highest BCUT2D eigenvalue weighted by Gasteiger charge is 2.09. The molecule has 0 N–H and O–H groups in total. The maximum Gasteiger partial charge on any atom is 0.127 e. The van der Waals surface area contributed by atoms with Crippen LogP contribution in [0.5, 0.6) is 0 Å². The van der Waals surface area contributed by atoms with Crippen LogP contribution in [-0.4, -0.2) is 9.19 Å². The minimum atomic E-state index is -1.38. The van der Waals surface area contributed by atoms with Gasteiger partial charge in [0, 0.05) is 16.8 Å². The second-order valence-corrected chi connectivity index (χ2v) is 5.30. The van der Waals surface area contributed by atoms with Crippen LogP contribution in [0, 0.1) is 19.7 Å². The van der Waals surface area contributed by atoms with E-state index < -0.39 is 10.8 Å². The first-order valence-electron chi connectivity index (χ1n) is 5.18. The normalized spacial score (nSPS) is 12.4. The topological polar surface area (TPSA) is 30.0 Å². The monoisotopic (exact) mass is 249 g/mol. The summed E-state index contributed by atoms with van der Waals surface area (Å²) in [6.07, 6.45) is 1.56. The molecule has 0 radical (unpaired) electrons. The lowest BCUT2D eigenvalue weighted by molar-refractivity contribution is 0.613. The third kappa shape index (κ3) is 2.58. The predicted octanol–water partition coefficient (Wildman–Crippen LogP) is 3.00. The van der Waals surface area contributed by atoms with E-state index >= 15 is 0 Å². The first-order valence-corrected chi connectivity index (χ1v) is 6.33. The van der Waals surface area contributed by atoms with E-state index in [0.717, 1.165) is 5.69 Å². The summed E-state index contributed by atoms with van der Waals surface area (Å²) in [5.74, 6) is -0.337. The molecular formula is C13H12FNOS. The molecule has 0 spiro atoms. The number of hydrogen-bond donors (Lipinski definition) is 0. The molecule has 2 aromatic rings. The van der Waals surface area contributed by atoms with E-state index in [4.69, 9.17) is 0 Å². The van der Waals surface area contributed by atoms with Crippen molar-refractivity contribution in [1.82, 2.24) is 4.98 Å². The first kappa shape index (κ1) is 11.9. The highest BCUT2D eigenvalue weighted by Crippen LogP contribution is 2.18. The molecular weight excluding hydrogens is 237 g/mol. The van der Waals surface area contributed by atoms with E-state index in [-0.39, 0.29) is 5.82 Å². The van der Waals surface area contributed by atoms with Crippen LogP contribution in [0.4, 0.5) is 4.39 Å². The standard InChI is InChI=1S/C13H12FNOS/c1-9-3-5-11(7-13(9)14)17(16)12-6-4-10(2)15-8-12/h3-8H,1-2H3. The van der Waals surface area contributed by atoms with Crippen molar-refractivity contribution < 1.29 is 8.60 Å². The molecule has 2 nitrogen and oxygen atoms in total. The average Bonchev–Trinajstić information content (AvgIpc) is 2.33. The van der Waals surface area contributed by atoms with Crippen LogP contribution in [0.1, 0.15) is 11.3 Å². The number of aromatic nitrogens is 1. The highest BCUT2D eigenvalue weighted by atomic mass is 32.2. The Kier molecular flexibility index (Phi) is 3.33. The van der Waals surface area contributed by atoms with Crippen LogP contribution in [0.15, 0.2) is 46.3 Å². The highest BCUT2D eigenvalue weighted by molar-refractivity contribution is 7.85. The molecule has 0 aliphatic heterocycles. The molecule has 0 saturated carbocycles. The van der Waals surface area contributed by atoms with Gasteiger partial charge in [-0.15, -0.1) is 0 Å². The van der Waals surface area contributed by atoms with E-state index in [0.29, 0.717) is 15.4 Å². The SMILES string of the molecule is Cc1ccc(S(=O)c2ccc(C)c(F)c2)cn1. The summed E-state index contributed by atoms with van der Waals surface area (Å²) in [6.45, 7) is 3.54. The summed E-state index contributed by atoms with van der Waals surface area (Å²) >= 11 is 0. The number of rotatable bonds is 2. The van der Waals surface area contributed by atoms with Gasteiger partial charge < -0.3 is 0 Å². The Bertz CT molecular complexity index is 566. The number of hydrogen-bond acceptors (Lipinski definition) is 2. The van der Waals surface area contributed by atoms with Crippen molar-refractivity contribution in [2.75, 3.05) is 0 Å². The molecule has 1 aromatic carbocycles. The Morgan fingerprint density at radius 3 is 2.41 bits per heavy atom. The molecule has 0 bridgehead atoms. The molecule has 1 unspecified atom stereocenters. The molecule has 0 aliphatic rings. The van der Waals surface area contributed by atoms with Crippen molar-refractivity contribution in [2.24, 2.45) is 0 Å². The predicted molar refractivity (Wildman–Crippen MR) is 64.8 cm³/mol. The molecule has 1 heterocycles. The Morgan fingerprint density at radius 2 is 1.82 bits per heavy atom. The molecule has 2 rings (SSSR count). The van der Waals surface area contributed by atoms with Gasteiger partial charge in [-0.2, -0.15) is 0 Å². The number of pyridine rings is 1. The summed E-state index contributed by atoms with van der Waals surface area (Å²) < 4.78 is 25.5. The Balaban J connectivity index is 2.37. The quantitative estimate of drug-likeness (QED) is 0.819. The van der Waals surface area contributed by atoms with E-state index in [9.17, 15) is 8.60 Å². The van der Waals surface area contributed by atoms with Crippen LogP contribution < -0.4 is 0 Å². The summed E-state index contributed by atoms with van der Waals surface area (Å²) in [5, 5.41) is 0. The van der Waals surface area contributed by atoms with Crippen LogP contribution in [0.25, 0.3) is 0 Å². The van der Waals surface area contributed by atoms with E-state index in [1.165, 1.54) is 6.07 Å². The van der Waals surface area contributed by atoms with Crippen molar-refractivity contribution in [3.63, 3.8) is 0 Å². The molecule has 1 atom stereocenters. The minimum Gasteiger partial charge on any atom is -0.260 e. The van der Waals surface area contributed by atoms with Gasteiger partial charge in [-0.3, -0.25) is 4.98 Å². The fraction of sp³-hybridized carbons (Fsp3) is 0.154. The van der Waals surface area contributed by atoms with Crippen LogP contribution >= 0.6 is 0 Å². The zero-order valence-electron chi connectivity index (χ0n) is 9.61. The van der Waals surface area contributed by atoms with Crippen LogP contribution in [0.2, 0.25) is 0 Å². The molecule has 4 heteroatoms.